The Labute approximate surface area is 140 Å². The van der Waals surface area contributed by atoms with Crippen LogP contribution in [0.5, 0.6) is 0 Å². The SMILES string of the molecule is Cc1cc(N2CCC[C@@H]2c2cnc(-c3ncc(C)[nH]3)cn2)ncn1. The lowest BCUT2D eigenvalue weighted by atomic mass is 10.1. The van der Waals surface area contributed by atoms with Crippen molar-refractivity contribution < 1.29 is 0 Å². The van der Waals surface area contributed by atoms with Gasteiger partial charge in [0.1, 0.15) is 17.8 Å². The first-order chi connectivity index (χ1) is 11.7. The van der Waals surface area contributed by atoms with Gasteiger partial charge in [-0.05, 0) is 26.7 Å². The predicted molar refractivity (Wildman–Crippen MR) is 90.4 cm³/mol. The molecule has 1 aliphatic rings. The van der Waals surface area contributed by atoms with Crippen molar-refractivity contribution in [2.75, 3.05) is 11.4 Å². The first-order valence-corrected chi connectivity index (χ1v) is 8.10. The van der Waals surface area contributed by atoms with Crippen molar-refractivity contribution in [3.8, 4) is 11.5 Å². The van der Waals surface area contributed by atoms with Gasteiger partial charge < -0.3 is 9.88 Å². The first kappa shape index (κ1) is 14.7. The zero-order chi connectivity index (χ0) is 16.5. The minimum Gasteiger partial charge on any atom is -0.348 e. The minimum atomic E-state index is 0.208. The summed E-state index contributed by atoms with van der Waals surface area (Å²) < 4.78 is 0. The zero-order valence-corrected chi connectivity index (χ0v) is 13.8. The number of aryl methyl sites for hydroxylation is 2. The van der Waals surface area contributed by atoms with Crippen molar-refractivity contribution in [2.24, 2.45) is 0 Å². The molecule has 1 fully saturated rings. The van der Waals surface area contributed by atoms with Gasteiger partial charge in [-0.1, -0.05) is 0 Å². The molecule has 1 saturated heterocycles. The first-order valence-electron chi connectivity index (χ1n) is 8.10. The second-order valence-electron chi connectivity index (χ2n) is 6.11. The van der Waals surface area contributed by atoms with Crippen LogP contribution in [0.2, 0.25) is 0 Å². The van der Waals surface area contributed by atoms with Crippen LogP contribution < -0.4 is 4.90 Å². The highest BCUT2D eigenvalue weighted by atomic mass is 15.2. The second-order valence-corrected chi connectivity index (χ2v) is 6.11. The Bertz CT molecular complexity index is 840. The molecule has 24 heavy (non-hydrogen) atoms. The van der Waals surface area contributed by atoms with Crippen molar-refractivity contribution in [1.29, 1.82) is 0 Å². The maximum absolute atomic E-state index is 4.64. The van der Waals surface area contributed by atoms with Gasteiger partial charge in [-0.2, -0.15) is 0 Å². The fourth-order valence-corrected chi connectivity index (χ4v) is 3.12. The maximum atomic E-state index is 4.64. The van der Waals surface area contributed by atoms with Crippen LogP contribution in [0.15, 0.2) is 31.0 Å². The summed E-state index contributed by atoms with van der Waals surface area (Å²) >= 11 is 0. The number of nitrogens with zero attached hydrogens (tertiary/aromatic N) is 6. The average Bonchev–Trinajstić information content (AvgIpc) is 3.24. The molecule has 0 aliphatic carbocycles. The summed E-state index contributed by atoms with van der Waals surface area (Å²) in [5.74, 6) is 1.71. The Morgan fingerprint density at radius 3 is 2.67 bits per heavy atom. The number of H-pyrrole nitrogens is 1. The molecule has 122 valence electrons. The summed E-state index contributed by atoms with van der Waals surface area (Å²) in [5.41, 5.74) is 3.71. The highest BCUT2D eigenvalue weighted by molar-refractivity contribution is 5.48. The van der Waals surface area contributed by atoms with Crippen molar-refractivity contribution in [3.63, 3.8) is 0 Å². The Balaban J connectivity index is 1.60. The van der Waals surface area contributed by atoms with E-state index in [9.17, 15) is 0 Å². The molecule has 3 aromatic rings. The quantitative estimate of drug-likeness (QED) is 0.798. The third-order valence-corrected chi connectivity index (χ3v) is 4.30. The Morgan fingerprint density at radius 2 is 1.96 bits per heavy atom. The molecule has 1 atom stereocenters. The number of hydrogen-bond acceptors (Lipinski definition) is 6. The highest BCUT2D eigenvalue weighted by Gasteiger charge is 2.28. The summed E-state index contributed by atoms with van der Waals surface area (Å²) in [4.78, 5) is 27.5. The van der Waals surface area contributed by atoms with Crippen LogP contribution in [0.1, 0.15) is 36.0 Å². The molecule has 0 bridgehead atoms. The summed E-state index contributed by atoms with van der Waals surface area (Å²) in [6.07, 6.45) is 9.22. The fourth-order valence-electron chi connectivity index (χ4n) is 3.12. The Hall–Kier alpha value is -2.83. The van der Waals surface area contributed by atoms with Gasteiger partial charge in [-0.15, -0.1) is 0 Å². The summed E-state index contributed by atoms with van der Waals surface area (Å²) in [7, 11) is 0. The molecule has 0 aromatic carbocycles. The topological polar surface area (TPSA) is 83.5 Å². The number of rotatable bonds is 3. The molecule has 0 amide bonds. The molecule has 4 heterocycles. The van der Waals surface area contributed by atoms with Crippen molar-refractivity contribution >= 4 is 5.82 Å². The molecular weight excluding hydrogens is 302 g/mol. The van der Waals surface area contributed by atoms with Crippen LogP contribution in [0.4, 0.5) is 5.82 Å². The van der Waals surface area contributed by atoms with Crippen molar-refractivity contribution in [2.45, 2.75) is 32.7 Å². The van der Waals surface area contributed by atoms with Gasteiger partial charge in [-0.3, -0.25) is 4.98 Å². The van der Waals surface area contributed by atoms with E-state index in [1.54, 1.807) is 18.7 Å². The van der Waals surface area contributed by atoms with E-state index in [1.807, 2.05) is 26.1 Å². The van der Waals surface area contributed by atoms with E-state index in [0.29, 0.717) is 0 Å². The Kier molecular flexibility index (Phi) is 3.68. The third-order valence-electron chi connectivity index (χ3n) is 4.30. The van der Waals surface area contributed by atoms with Crippen molar-refractivity contribution in [1.82, 2.24) is 29.9 Å². The van der Waals surface area contributed by atoms with E-state index in [0.717, 1.165) is 53.8 Å². The second kappa shape index (κ2) is 5.99. The number of hydrogen-bond donors (Lipinski definition) is 1. The molecule has 1 N–H and O–H groups in total. The van der Waals surface area contributed by atoms with Crippen LogP contribution in [0.3, 0.4) is 0 Å². The molecule has 0 radical (unpaired) electrons. The lowest BCUT2D eigenvalue weighted by Crippen LogP contribution is -2.24. The standard InChI is InChI=1S/C17H19N7/c1-11-6-16(22-10-21-11)24-5-3-4-15(24)13-8-19-14(9-18-13)17-20-7-12(2)23-17/h6-10,15H,3-5H2,1-2H3,(H,20,23)/t15-/m1/s1. The van der Waals surface area contributed by atoms with E-state index >= 15 is 0 Å². The molecule has 3 aromatic heterocycles. The summed E-state index contributed by atoms with van der Waals surface area (Å²) in [5, 5.41) is 0. The fraction of sp³-hybridized carbons (Fsp3) is 0.353. The molecule has 7 heteroatoms. The minimum absolute atomic E-state index is 0.208. The van der Waals surface area contributed by atoms with Crippen LogP contribution in [0.25, 0.3) is 11.5 Å². The predicted octanol–water partition coefficient (Wildman–Crippen LogP) is 2.62. The molecule has 7 nitrogen and oxygen atoms in total. The Morgan fingerprint density at radius 1 is 1.04 bits per heavy atom. The number of aromatic amines is 1. The smallest absolute Gasteiger partial charge is 0.157 e. The van der Waals surface area contributed by atoms with E-state index < -0.39 is 0 Å². The largest absolute Gasteiger partial charge is 0.348 e. The molecule has 0 spiro atoms. The number of anilines is 1. The molecule has 1 aliphatic heterocycles. The number of nitrogens with one attached hydrogen (secondary N) is 1. The third kappa shape index (κ3) is 2.73. The van der Waals surface area contributed by atoms with Crippen LogP contribution in [-0.2, 0) is 0 Å². The molecule has 0 saturated carbocycles. The zero-order valence-electron chi connectivity index (χ0n) is 13.8. The van der Waals surface area contributed by atoms with Gasteiger partial charge in [0.15, 0.2) is 5.82 Å². The van der Waals surface area contributed by atoms with Crippen LogP contribution >= 0.6 is 0 Å². The van der Waals surface area contributed by atoms with Gasteiger partial charge in [0.05, 0.1) is 24.1 Å². The van der Waals surface area contributed by atoms with E-state index in [2.05, 4.69) is 34.8 Å². The normalized spacial score (nSPS) is 17.4. The highest BCUT2D eigenvalue weighted by Crippen LogP contribution is 2.34. The molecule has 0 unspecified atom stereocenters. The van der Waals surface area contributed by atoms with E-state index in [-0.39, 0.29) is 6.04 Å². The number of aromatic nitrogens is 6. The van der Waals surface area contributed by atoms with Gasteiger partial charge in [0.2, 0.25) is 0 Å². The van der Waals surface area contributed by atoms with Gasteiger partial charge in [0, 0.05) is 30.2 Å². The average molecular weight is 321 g/mol. The van der Waals surface area contributed by atoms with E-state index in [4.69, 9.17) is 0 Å². The van der Waals surface area contributed by atoms with Gasteiger partial charge >= 0.3 is 0 Å². The van der Waals surface area contributed by atoms with Gasteiger partial charge in [0.25, 0.3) is 0 Å². The van der Waals surface area contributed by atoms with Crippen molar-refractivity contribution in [3.05, 3.63) is 48.1 Å². The van der Waals surface area contributed by atoms with Gasteiger partial charge in [-0.25, -0.2) is 19.9 Å². The number of imidazole rings is 1. The summed E-state index contributed by atoms with van der Waals surface area (Å²) in [6, 6.07) is 2.23. The van der Waals surface area contributed by atoms with Crippen LogP contribution in [-0.4, -0.2) is 36.4 Å². The lowest BCUT2D eigenvalue weighted by molar-refractivity contribution is 0.682. The maximum Gasteiger partial charge on any atom is 0.157 e. The molecule has 4 rings (SSSR count). The van der Waals surface area contributed by atoms with Crippen LogP contribution in [0, 0.1) is 13.8 Å². The monoisotopic (exact) mass is 321 g/mol. The van der Waals surface area contributed by atoms with E-state index in [1.165, 1.54) is 0 Å². The lowest BCUT2D eigenvalue weighted by Gasteiger charge is -2.25. The molecular formula is C17H19N7. The summed E-state index contributed by atoms with van der Waals surface area (Å²) in [6.45, 7) is 4.93.